The molecule has 3 aromatic heterocycles. The highest BCUT2D eigenvalue weighted by Crippen LogP contribution is 2.44. The van der Waals surface area contributed by atoms with E-state index < -0.39 is 0 Å². The smallest absolute Gasteiger partial charge is 0.307 e. The Hall–Kier alpha value is -4.93. The normalized spacial score (nSPS) is 12.1. The number of thiophene rings is 1. The molecule has 0 aliphatic heterocycles. The van der Waals surface area contributed by atoms with Gasteiger partial charge in [0.15, 0.2) is 5.58 Å². The third kappa shape index (κ3) is 2.95. The third-order valence-electron chi connectivity index (χ3n) is 7.83. The quantitative estimate of drug-likeness (QED) is 0.229. The fraction of sp³-hybridized carbons (Fsp3) is 0. The summed E-state index contributed by atoms with van der Waals surface area (Å²) in [5.41, 5.74) is 6.09. The lowest BCUT2D eigenvalue weighted by molar-refractivity contribution is 0.575. The lowest BCUT2D eigenvalue weighted by atomic mass is 9.99. The highest BCUT2D eigenvalue weighted by molar-refractivity contribution is 7.26. The van der Waals surface area contributed by atoms with Crippen LogP contribution in [0, 0.1) is 0 Å². The van der Waals surface area contributed by atoms with Gasteiger partial charge in [-0.3, -0.25) is 4.57 Å². The van der Waals surface area contributed by atoms with Crippen LogP contribution in [0.2, 0.25) is 0 Å². The Bertz CT molecular complexity index is 2350. The second kappa shape index (κ2) is 7.79. The number of hydrogen-bond donors (Lipinski definition) is 0. The molecule has 0 aliphatic carbocycles. The van der Waals surface area contributed by atoms with Crippen LogP contribution in [0.15, 0.2) is 126 Å². The molecular formula is C35H20N2OS. The van der Waals surface area contributed by atoms with Crippen LogP contribution >= 0.6 is 11.3 Å². The Morgan fingerprint density at radius 2 is 1.26 bits per heavy atom. The summed E-state index contributed by atoms with van der Waals surface area (Å²) in [6.45, 7) is 0. The molecule has 39 heavy (non-hydrogen) atoms. The molecule has 3 heterocycles. The van der Waals surface area contributed by atoms with E-state index in [0.717, 1.165) is 38.6 Å². The van der Waals surface area contributed by atoms with E-state index in [0.29, 0.717) is 6.01 Å². The minimum Gasteiger partial charge on any atom is -0.422 e. The Kier molecular flexibility index (Phi) is 4.21. The van der Waals surface area contributed by atoms with Crippen LogP contribution in [-0.4, -0.2) is 9.55 Å². The summed E-state index contributed by atoms with van der Waals surface area (Å²) in [5, 5.41) is 7.19. The van der Waals surface area contributed by atoms with Crippen LogP contribution in [0.25, 0.3) is 81.0 Å². The standard InChI is InChI=1S/C35H20N2OS/c1-2-10-22-19-23(18-17-21(22)9-1)27-20-31-32(26-13-5-8-16-30(26)39-31)33-34(27)38-35(36-33)37-28-14-6-3-11-24(28)25-12-4-7-15-29(25)37/h1-20H. The summed E-state index contributed by atoms with van der Waals surface area (Å²) in [6.07, 6.45) is 0. The van der Waals surface area contributed by atoms with Crippen LogP contribution in [-0.2, 0) is 0 Å². The Morgan fingerprint density at radius 3 is 2.05 bits per heavy atom. The second-order valence-corrected chi connectivity index (χ2v) is 11.1. The lowest BCUT2D eigenvalue weighted by Crippen LogP contribution is -1.93. The van der Waals surface area contributed by atoms with Gasteiger partial charge >= 0.3 is 6.01 Å². The average Bonchev–Trinajstić information content (AvgIpc) is 3.67. The van der Waals surface area contributed by atoms with E-state index in [4.69, 9.17) is 9.40 Å². The maximum absolute atomic E-state index is 6.81. The van der Waals surface area contributed by atoms with E-state index in [1.807, 2.05) is 11.3 Å². The average molecular weight is 517 g/mol. The molecule has 3 nitrogen and oxygen atoms in total. The fourth-order valence-corrected chi connectivity index (χ4v) is 7.21. The first kappa shape index (κ1) is 21.1. The molecule has 182 valence electrons. The maximum Gasteiger partial charge on any atom is 0.307 e. The van der Waals surface area contributed by atoms with Gasteiger partial charge in [-0.05, 0) is 46.7 Å². The first-order chi connectivity index (χ1) is 19.3. The molecule has 0 radical (unpaired) electrons. The van der Waals surface area contributed by atoms with Crippen molar-refractivity contribution in [1.82, 2.24) is 9.55 Å². The van der Waals surface area contributed by atoms with Gasteiger partial charge in [-0.2, -0.15) is 4.98 Å². The van der Waals surface area contributed by atoms with Crippen LogP contribution in [0.3, 0.4) is 0 Å². The number of rotatable bonds is 2. The molecule has 0 N–H and O–H groups in total. The van der Waals surface area contributed by atoms with Crippen LogP contribution in [0.5, 0.6) is 0 Å². The Morgan fingerprint density at radius 1 is 0.590 bits per heavy atom. The van der Waals surface area contributed by atoms with Gasteiger partial charge in [0, 0.05) is 36.5 Å². The minimum absolute atomic E-state index is 0.590. The summed E-state index contributed by atoms with van der Waals surface area (Å²) in [4.78, 5) is 5.26. The molecule has 0 spiro atoms. The predicted molar refractivity (Wildman–Crippen MR) is 164 cm³/mol. The number of hydrogen-bond acceptors (Lipinski definition) is 3. The van der Waals surface area contributed by atoms with Crippen LogP contribution in [0.4, 0.5) is 0 Å². The molecule has 0 atom stereocenters. The summed E-state index contributed by atoms with van der Waals surface area (Å²) in [6, 6.07) is 43.5. The minimum atomic E-state index is 0.590. The molecule has 0 aliphatic rings. The van der Waals surface area contributed by atoms with Crippen LogP contribution in [0.1, 0.15) is 0 Å². The van der Waals surface area contributed by atoms with Crippen molar-refractivity contribution in [3.05, 3.63) is 121 Å². The highest BCUT2D eigenvalue weighted by Gasteiger charge is 2.22. The van der Waals surface area contributed by atoms with Crippen molar-refractivity contribution in [2.75, 3.05) is 0 Å². The van der Waals surface area contributed by atoms with Crippen molar-refractivity contribution in [2.24, 2.45) is 0 Å². The zero-order valence-corrected chi connectivity index (χ0v) is 21.6. The number of aromatic nitrogens is 2. The van der Waals surface area contributed by atoms with E-state index in [9.17, 15) is 0 Å². The van der Waals surface area contributed by atoms with E-state index in [1.165, 1.54) is 36.3 Å². The number of oxazole rings is 1. The number of para-hydroxylation sites is 2. The van der Waals surface area contributed by atoms with E-state index in [2.05, 4.69) is 126 Å². The largest absolute Gasteiger partial charge is 0.422 e. The van der Waals surface area contributed by atoms with Gasteiger partial charge < -0.3 is 4.42 Å². The molecule has 9 aromatic rings. The lowest BCUT2D eigenvalue weighted by Gasteiger charge is -2.06. The van der Waals surface area contributed by atoms with Crippen molar-refractivity contribution in [3.63, 3.8) is 0 Å². The van der Waals surface area contributed by atoms with Crippen molar-refractivity contribution in [1.29, 1.82) is 0 Å². The Labute approximate surface area is 227 Å². The molecule has 0 saturated carbocycles. The van der Waals surface area contributed by atoms with E-state index >= 15 is 0 Å². The molecule has 9 rings (SSSR count). The monoisotopic (exact) mass is 516 g/mol. The van der Waals surface area contributed by atoms with E-state index in [-0.39, 0.29) is 0 Å². The van der Waals surface area contributed by atoms with Crippen molar-refractivity contribution < 1.29 is 4.42 Å². The van der Waals surface area contributed by atoms with Gasteiger partial charge in [-0.25, -0.2) is 0 Å². The second-order valence-electron chi connectivity index (χ2n) is 10.0. The molecular weight excluding hydrogens is 496 g/mol. The van der Waals surface area contributed by atoms with Gasteiger partial charge in [-0.1, -0.05) is 91.0 Å². The van der Waals surface area contributed by atoms with Crippen molar-refractivity contribution in [3.8, 4) is 17.1 Å². The molecule has 0 amide bonds. The molecule has 0 fully saturated rings. The number of nitrogens with zero attached hydrogens (tertiary/aromatic N) is 2. The topological polar surface area (TPSA) is 31.0 Å². The zero-order chi connectivity index (χ0) is 25.5. The summed E-state index contributed by atoms with van der Waals surface area (Å²) in [5.74, 6) is 0. The van der Waals surface area contributed by atoms with Crippen molar-refractivity contribution in [2.45, 2.75) is 0 Å². The maximum atomic E-state index is 6.81. The molecule has 0 bridgehead atoms. The summed E-state index contributed by atoms with van der Waals surface area (Å²) in [7, 11) is 0. The first-order valence-corrected chi connectivity index (χ1v) is 13.9. The predicted octanol–water partition coefficient (Wildman–Crippen LogP) is 10.1. The van der Waals surface area contributed by atoms with E-state index in [1.54, 1.807) is 0 Å². The first-order valence-electron chi connectivity index (χ1n) is 13.1. The van der Waals surface area contributed by atoms with Crippen molar-refractivity contribution >= 4 is 75.2 Å². The molecule has 0 unspecified atom stereocenters. The number of fused-ring (bicyclic) bond motifs is 9. The van der Waals surface area contributed by atoms with Gasteiger partial charge in [0.1, 0.15) is 5.52 Å². The highest BCUT2D eigenvalue weighted by atomic mass is 32.1. The number of benzene rings is 6. The van der Waals surface area contributed by atoms with Gasteiger partial charge in [0.2, 0.25) is 0 Å². The molecule has 6 aromatic carbocycles. The SMILES string of the molecule is c1ccc2cc(-c3cc4sc5ccccc5c4c4nc(-n5c6ccccc6c6ccccc65)oc34)ccc2c1. The zero-order valence-electron chi connectivity index (χ0n) is 20.8. The molecule has 0 saturated heterocycles. The summed E-state index contributed by atoms with van der Waals surface area (Å²) >= 11 is 1.81. The van der Waals surface area contributed by atoms with Crippen LogP contribution < -0.4 is 0 Å². The fourth-order valence-electron chi connectivity index (χ4n) is 6.06. The van der Waals surface area contributed by atoms with Gasteiger partial charge in [0.05, 0.1) is 11.0 Å². The van der Waals surface area contributed by atoms with Gasteiger partial charge in [0.25, 0.3) is 0 Å². The van der Waals surface area contributed by atoms with Gasteiger partial charge in [-0.15, -0.1) is 11.3 Å². The Balaban J connectivity index is 1.43. The third-order valence-corrected chi connectivity index (χ3v) is 8.95. The molecule has 4 heteroatoms. The summed E-state index contributed by atoms with van der Waals surface area (Å²) < 4.78 is 11.4.